The van der Waals surface area contributed by atoms with E-state index in [1.165, 1.54) is 7.11 Å². The molecule has 1 aliphatic rings. The van der Waals surface area contributed by atoms with E-state index in [1.54, 1.807) is 18.2 Å². The van der Waals surface area contributed by atoms with Crippen molar-refractivity contribution in [2.24, 2.45) is 0 Å². The molecule has 2 aromatic carbocycles. The highest BCUT2D eigenvalue weighted by Gasteiger charge is 2.30. The van der Waals surface area contributed by atoms with E-state index in [0.29, 0.717) is 21.4 Å². The van der Waals surface area contributed by atoms with Crippen molar-refractivity contribution in [1.29, 1.82) is 5.26 Å². The lowest BCUT2D eigenvalue weighted by Gasteiger charge is -2.25. The van der Waals surface area contributed by atoms with Crippen LogP contribution >= 0.6 is 23.4 Å². The average molecular weight is 456 g/mol. The first-order valence-electron chi connectivity index (χ1n) is 9.60. The first kappa shape index (κ1) is 22.7. The zero-order valence-corrected chi connectivity index (χ0v) is 19.0. The Labute approximate surface area is 190 Å². The number of anilines is 1. The minimum absolute atomic E-state index is 0.0598. The monoisotopic (exact) mass is 455 g/mol. The second-order valence-corrected chi connectivity index (χ2v) is 8.53. The molecule has 1 heterocycles. The van der Waals surface area contributed by atoms with Crippen LogP contribution in [0, 0.1) is 25.2 Å². The normalized spacial score (nSPS) is 15.8. The maximum absolute atomic E-state index is 12.5. The predicted molar refractivity (Wildman–Crippen MR) is 123 cm³/mol. The van der Waals surface area contributed by atoms with Gasteiger partial charge in [-0.2, -0.15) is 5.26 Å². The van der Waals surface area contributed by atoms with Crippen LogP contribution in [-0.2, 0) is 9.59 Å². The number of aryl methyl sites for hydroxylation is 1. The Kier molecular flexibility index (Phi) is 7.26. The van der Waals surface area contributed by atoms with Crippen molar-refractivity contribution in [3.8, 4) is 11.8 Å². The molecule has 0 radical (unpaired) electrons. The lowest BCUT2D eigenvalue weighted by molar-refractivity contribution is -0.121. The maximum atomic E-state index is 12.5. The van der Waals surface area contributed by atoms with Gasteiger partial charge in [-0.1, -0.05) is 41.6 Å². The number of ether oxygens (including phenoxy) is 1. The molecule has 0 aromatic heterocycles. The Morgan fingerprint density at radius 3 is 2.81 bits per heavy atom. The minimum Gasteiger partial charge on any atom is -0.495 e. The molecular weight excluding hydrogens is 434 g/mol. The number of benzene rings is 2. The molecule has 1 atom stereocenters. The topological polar surface area (TPSA) is 91.2 Å². The SMILES string of the molecule is COc1ccc([C@@H]2CC(=O)NC(SCC(=O)Nc3cccc(C)c3C)=C2C#N)cc1Cl. The first-order chi connectivity index (χ1) is 14.8. The fraction of sp³-hybridized carbons (Fsp3) is 0.261. The van der Waals surface area contributed by atoms with Crippen LogP contribution in [0.3, 0.4) is 0 Å². The number of halogens is 1. The molecule has 0 saturated carbocycles. The van der Waals surface area contributed by atoms with Crippen LogP contribution in [-0.4, -0.2) is 24.7 Å². The summed E-state index contributed by atoms with van der Waals surface area (Å²) in [5.41, 5.74) is 3.99. The molecule has 0 bridgehead atoms. The number of hydrogen-bond donors (Lipinski definition) is 2. The molecule has 0 unspecified atom stereocenters. The standard InChI is InChI=1S/C23H22ClN3O3S/c1-13-5-4-6-19(14(13)2)26-22(29)12-31-23-17(11-25)16(10-21(28)27-23)15-7-8-20(30-3)18(24)9-15/h4-9,16H,10,12H2,1-3H3,(H,26,29)(H,27,28)/t16-/m0/s1. The molecule has 2 aromatic rings. The molecule has 8 heteroatoms. The van der Waals surface area contributed by atoms with Crippen LogP contribution in [0.25, 0.3) is 0 Å². The summed E-state index contributed by atoms with van der Waals surface area (Å²) in [7, 11) is 1.52. The molecule has 2 N–H and O–H groups in total. The fourth-order valence-electron chi connectivity index (χ4n) is 3.33. The van der Waals surface area contributed by atoms with E-state index in [1.807, 2.05) is 32.0 Å². The van der Waals surface area contributed by atoms with E-state index in [4.69, 9.17) is 16.3 Å². The predicted octanol–water partition coefficient (Wildman–Crippen LogP) is 4.68. The third-order valence-corrected chi connectivity index (χ3v) is 6.47. The molecule has 1 aliphatic heterocycles. The lowest BCUT2D eigenvalue weighted by atomic mass is 9.87. The quantitative estimate of drug-likeness (QED) is 0.660. The lowest BCUT2D eigenvalue weighted by Crippen LogP contribution is -2.31. The minimum atomic E-state index is -0.438. The summed E-state index contributed by atoms with van der Waals surface area (Å²) in [6.07, 6.45) is 0.129. The van der Waals surface area contributed by atoms with E-state index >= 15 is 0 Å². The van der Waals surface area contributed by atoms with Gasteiger partial charge in [0.2, 0.25) is 11.8 Å². The highest BCUT2D eigenvalue weighted by Crippen LogP contribution is 2.38. The molecule has 0 fully saturated rings. The molecule has 3 rings (SSSR count). The van der Waals surface area contributed by atoms with Gasteiger partial charge in [0.1, 0.15) is 5.75 Å². The van der Waals surface area contributed by atoms with E-state index in [9.17, 15) is 14.9 Å². The molecule has 6 nitrogen and oxygen atoms in total. The molecule has 0 spiro atoms. The van der Waals surface area contributed by atoms with E-state index in [0.717, 1.165) is 34.1 Å². The van der Waals surface area contributed by atoms with Crippen LogP contribution in [0.4, 0.5) is 5.69 Å². The number of carbonyl (C=O) groups excluding carboxylic acids is 2. The number of amides is 2. The Morgan fingerprint density at radius 2 is 2.13 bits per heavy atom. The third-order valence-electron chi connectivity index (χ3n) is 5.16. The number of allylic oxidation sites excluding steroid dienone is 1. The number of nitrogens with zero attached hydrogens (tertiary/aromatic N) is 1. The van der Waals surface area contributed by atoms with Gasteiger partial charge in [0.05, 0.1) is 34.6 Å². The maximum Gasteiger partial charge on any atom is 0.234 e. The van der Waals surface area contributed by atoms with Gasteiger partial charge in [0.15, 0.2) is 0 Å². The zero-order chi connectivity index (χ0) is 22.5. The molecule has 31 heavy (non-hydrogen) atoms. The van der Waals surface area contributed by atoms with Gasteiger partial charge >= 0.3 is 0 Å². The van der Waals surface area contributed by atoms with Crippen LogP contribution in [0.5, 0.6) is 5.75 Å². The van der Waals surface area contributed by atoms with Gasteiger partial charge in [-0.3, -0.25) is 9.59 Å². The number of thioether (sulfide) groups is 1. The average Bonchev–Trinajstić information content (AvgIpc) is 2.75. The zero-order valence-electron chi connectivity index (χ0n) is 17.4. The van der Waals surface area contributed by atoms with Crippen LogP contribution < -0.4 is 15.4 Å². The summed E-state index contributed by atoms with van der Waals surface area (Å²) >= 11 is 7.37. The number of methoxy groups -OCH3 is 1. The van der Waals surface area contributed by atoms with Crippen LogP contribution in [0.1, 0.15) is 29.0 Å². The Morgan fingerprint density at radius 1 is 1.35 bits per heavy atom. The van der Waals surface area contributed by atoms with Crippen molar-refractivity contribution in [3.05, 3.63) is 68.7 Å². The van der Waals surface area contributed by atoms with E-state index < -0.39 is 5.92 Å². The largest absolute Gasteiger partial charge is 0.495 e. The van der Waals surface area contributed by atoms with Crippen molar-refractivity contribution in [2.75, 3.05) is 18.2 Å². The van der Waals surface area contributed by atoms with Crippen molar-refractivity contribution < 1.29 is 14.3 Å². The third kappa shape index (κ3) is 5.22. The summed E-state index contributed by atoms with van der Waals surface area (Å²) in [5.74, 6) is -0.289. The highest BCUT2D eigenvalue weighted by atomic mass is 35.5. The van der Waals surface area contributed by atoms with Gasteiger partial charge in [-0.15, -0.1) is 0 Å². The molecular formula is C23H22ClN3O3S. The van der Waals surface area contributed by atoms with Gasteiger partial charge in [-0.05, 0) is 48.7 Å². The van der Waals surface area contributed by atoms with Gasteiger partial charge in [-0.25, -0.2) is 0 Å². The van der Waals surface area contributed by atoms with Gasteiger partial charge in [0.25, 0.3) is 0 Å². The van der Waals surface area contributed by atoms with E-state index in [-0.39, 0.29) is 24.0 Å². The number of rotatable bonds is 6. The number of carbonyl (C=O) groups is 2. The van der Waals surface area contributed by atoms with Crippen LogP contribution in [0.2, 0.25) is 5.02 Å². The van der Waals surface area contributed by atoms with Crippen molar-refractivity contribution in [2.45, 2.75) is 26.2 Å². The summed E-state index contributed by atoms with van der Waals surface area (Å²) in [6.45, 7) is 3.92. The molecule has 0 aliphatic carbocycles. The first-order valence-corrected chi connectivity index (χ1v) is 11.0. The van der Waals surface area contributed by atoms with Gasteiger partial charge in [0, 0.05) is 18.0 Å². The summed E-state index contributed by atoms with van der Waals surface area (Å²) in [6, 6.07) is 13.1. The second-order valence-electron chi connectivity index (χ2n) is 7.14. The van der Waals surface area contributed by atoms with Crippen molar-refractivity contribution in [1.82, 2.24) is 5.32 Å². The van der Waals surface area contributed by atoms with Crippen LogP contribution in [0.15, 0.2) is 47.0 Å². The Hall–Kier alpha value is -2.95. The van der Waals surface area contributed by atoms with Gasteiger partial charge < -0.3 is 15.4 Å². The fourth-order valence-corrected chi connectivity index (χ4v) is 4.47. The summed E-state index contributed by atoms with van der Waals surface area (Å²) in [4.78, 5) is 24.8. The summed E-state index contributed by atoms with van der Waals surface area (Å²) < 4.78 is 5.18. The number of nitriles is 1. The number of nitrogens with one attached hydrogen (secondary N) is 2. The molecule has 160 valence electrons. The Bertz CT molecular complexity index is 1110. The summed E-state index contributed by atoms with van der Waals surface area (Å²) in [5, 5.41) is 16.2. The molecule has 0 saturated heterocycles. The molecule has 2 amide bonds. The highest BCUT2D eigenvalue weighted by molar-refractivity contribution is 8.03. The van der Waals surface area contributed by atoms with E-state index in [2.05, 4.69) is 16.7 Å². The van der Waals surface area contributed by atoms with Crippen molar-refractivity contribution >= 4 is 40.9 Å². The number of hydrogen-bond acceptors (Lipinski definition) is 5. The second kappa shape index (κ2) is 9.90. The van der Waals surface area contributed by atoms with Crippen molar-refractivity contribution in [3.63, 3.8) is 0 Å². The Balaban J connectivity index is 1.79. The smallest absolute Gasteiger partial charge is 0.234 e.